The molecule has 2 fully saturated rings. The minimum absolute atomic E-state index is 0.228. The van der Waals surface area contributed by atoms with Crippen LogP contribution in [0.15, 0.2) is 36.4 Å². The minimum atomic E-state index is -0.798. The van der Waals surface area contributed by atoms with Crippen molar-refractivity contribution in [3.05, 3.63) is 42.0 Å². The van der Waals surface area contributed by atoms with Gasteiger partial charge >= 0.3 is 6.03 Å². The number of hydrogen-bond donors (Lipinski definition) is 1. The molecule has 158 valence electrons. The molecule has 4 rings (SSSR count). The molecule has 2 aromatic rings. The van der Waals surface area contributed by atoms with E-state index in [1.165, 1.54) is 0 Å². The highest BCUT2D eigenvalue weighted by Gasteiger charge is 2.51. The van der Waals surface area contributed by atoms with E-state index >= 15 is 0 Å². The maximum Gasteiger partial charge on any atom is 0.325 e. The molecule has 1 aliphatic heterocycles. The molecule has 1 N–H and O–H groups in total. The first kappa shape index (κ1) is 20.2. The number of fused-ring (bicyclic) bond motifs is 1. The summed E-state index contributed by atoms with van der Waals surface area (Å²) in [6.45, 7) is 0.170. The molecule has 2 aromatic carbocycles. The van der Waals surface area contributed by atoms with Crippen molar-refractivity contribution in [1.29, 1.82) is 0 Å². The third kappa shape index (κ3) is 3.72. The summed E-state index contributed by atoms with van der Waals surface area (Å²) >= 11 is 0. The smallest absolute Gasteiger partial charge is 0.325 e. The van der Waals surface area contributed by atoms with Crippen molar-refractivity contribution in [2.45, 2.75) is 44.2 Å². The Bertz CT molecular complexity index is 997. The van der Waals surface area contributed by atoms with Crippen LogP contribution in [0, 0.1) is 0 Å². The van der Waals surface area contributed by atoms with Gasteiger partial charge in [0.2, 0.25) is 5.91 Å². The summed E-state index contributed by atoms with van der Waals surface area (Å²) in [6.07, 6.45) is 4.22. The van der Waals surface area contributed by atoms with Gasteiger partial charge < -0.3 is 15.0 Å². The van der Waals surface area contributed by atoms with Crippen molar-refractivity contribution in [3.8, 4) is 5.75 Å². The van der Waals surface area contributed by atoms with Crippen molar-refractivity contribution in [2.75, 3.05) is 20.7 Å². The van der Waals surface area contributed by atoms with E-state index < -0.39 is 11.6 Å². The van der Waals surface area contributed by atoms with E-state index in [0.29, 0.717) is 19.4 Å². The summed E-state index contributed by atoms with van der Waals surface area (Å²) in [5.74, 6) is 0.279. The summed E-state index contributed by atoms with van der Waals surface area (Å²) < 4.78 is 5.25. The number of nitrogens with one attached hydrogen (secondary N) is 1. The molecule has 0 radical (unpaired) electrons. The number of nitrogens with zero attached hydrogens (tertiary/aromatic N) is 2. The molecule has 0 unspecified atom stereocenters. The Hall–Kier alpha value is -3.09. The number of ether oxygens (including phenoxy) is 1. The van der Waals surface area contributed by atoms with Gasteiger partial charge in [-0.05, 0) is 47.4 Å². The van der Waals surface area contributed by atoms with Gasteiger partial charge in [0.25, 0.3) is 5.91 Å². The van der Waals surface area contributed by atoms with Gasteiger partial charge in [0, 0.05) is 13.6 Å². The number of carbonyl (C=O) groups is 3. The Morgan fingerprint density at radius 1 is 1.10 bits per heavy atom. The Morgan fingerprint density at radius 3 is 2.53 bits per heavy atom. The van der Waals surface area contributed by atoms with Crippen LogP contribution in [0.2, 0.25) is 0 Å². The molecule has 1 saturated heterocycles. The van der Waals surface area contributed by atoms with E-state index in [0.717, 1.165) is 46.2 Å². The first-order valence-corrected chi connectivity index (χ1v) is 10.4. The van der Waals surface area contributed by atoms with Gasteiger partial charge in [0.05, 0.1) is 7.11 Å². The number of imide groups is 1. The number of rotatable bonds is 5. The van der Waals surface area contributed by atoms with Gasteiger partial charge in [0.1, 0.15) is 17.8 Å². The second-order valence-corrected chi connectivity index (χ2v) is 8.26. The average Bonchev–Trinajstić information content (AvgIpc) is 2.97. The summed E-state index contributed by atoms with van der Waals surface area (Å²) in [6, 6.07) is 11.4. The lowest BCUT2D eigenvalue weighted by Crippen LogP contribution is -2.49. The second-order valence-electron chi connectivity index (χ2n) is 8.26. The van der Waals surface area contributed by atoms with E-state index in [1.54, 1.807) is 19.1 Å². The molecule has 30 heavy (non-hydrogen) atoms. The monoisotopic (exact) mass is 409 g/mol. The Morgan fingerprint density at radius 2 is 1.80 bits per heavy atom. The lowest BCUT2D eigenvalue weighted by Gasteiger charge is -2.30. The predicted molar refractivity (Wildman–Crippen MR) is 113 cm³/mol. The zero-order chi connectivity index (χ0) is 21.3. The third-order valence-corrected chi connectivity index (χ3v) is 6.20. The second kappa shape index (κ2) is 7.97. The molecule has 1 saturated carbocycles. The average molecular weight is 409 g/mol. The molecule has 2 aliphatic rings. The largest absolute Gasteiger partial charge is 0.497 e. The fraction of sp³-hybridized carbons (Fsp3) is 0.435. The number of methoxy groups -OCH3 is 1. The van der Waals surface area contributed by atoms with Gasteiger partial charge in [-0.1, -0.05) is 37.5 Å². The van der Waals surface area contributed by atoms with Crippen molar-refractivity contribution in [3.63, 3.8) is 0 Å². The number of benzene rings is 2. The standard InChI is InChI=1S/C23H27N3O4/c1-25(14-16-6-7-18-13-19(30-2)9-8-17(18)12-16)20(27)15-26-21(28)23(24-22(26)29)10-4-3-5-11-23/h6-9,12-13H,3-5,10-11,14-15H2,1-2H3,(H,24,29). The summed E-state index contributed by atoms with van der Waals surface area (Å²) in [4.78, 5) is 40.6. The van der Waals surface area contributed by atoms with Crippen molar-refractivity contribution < 1.29 is 19.1 Å². The molecule has 1 spiro atoms. The van der Waals surface area contributed by atoms with Crippen LogP contribution in [0.1, 0.15) is 37.7 Å². The van der Waals surface area contributed by atoms with Crippen LogP contribution in [-0.4, -0.2) is 53.9 Å². The van der Waals surface area contributed by atoms with Crippen LogP contribution < -0.4 is 10.1 Å². The van der Waals surface area contributed by atoms with Crippen LogP contribution >= 0.6 is 0 Å². The van der Waals surface area contributed by atoms with Crippen LogP contribution in [0.3, 0.4) is 0 Å². The molecule has 0 bridgehead atoms. The van der Waals surface area contributed by atoms with Gasteiger partial charge in [-0.25, -0.2) is 4.79 Å². The van der Waals surface area contributed by atoms with E-state index in [1.807, 2.05) is 36.4 Å². The van der Waals surface area contributed by atoms with Gasteiger partial charge in [-0.2, -0.15) is 0 Å². The highest BCUT2D eigenvalue weighted by atomic mass is 16.5. The lowest BCUT2D eigenvalue weighted by atomic mass is 9.82. The van der Waals surface area contributed by atoms with Crippen LogP contribution in [0.4, 0.5) is 4.79 Å². The molecule has 0 aromatic heterocycles. The molecule has 7 nitrogen and oxygen atoms in total. The Balaban J connectivity index is 1.42. The predicted octanol–water partition coefficient (Wildman–Crippen LogP) is 3.06. The first-order valence-electron chi connectivity index (χ1n) is 10.4. The number of likely N-dealkylation sites (N-methyl/N-ethyl adjacent to an activating group) is 1. The van der Waals surface area contributed by atoms with Crippen LogP contribution in [0.5, 0.6) is 5.75 Å². The fourth-order valence-electron chi connectivity index (χ4n) is 4.43. The highest BCUT2D eigenvalue weighted by molar-refractivity contribution is 6.09. The summed E-state index contributed by atoms with van der Waals surface area (Å²) in [5, 5.41) is 4.97. The highest BCUT2D eigenvalue weighted by Crippen LogP contribution is 2.33. The third-order valence-electron chi connectivity index (χ3n) is 6.20. The molecule has 0 atom stereocenters. The maximum atomic E-state index is 12.9. The van der Waals surface area contributed by atoms with Gasteiger partial charge in [-0.3, -0.25) is 14.5 Å². The summed E-state index contributed by atoms with van der Waals surface area (Å²) in [7, 11) is 3.33. The quantitative estimate of drug-likeness (QED) is 0.770. The molecule has 1 heterocycles. The molecular weight excluding hydrogens is 382 g/mol. The van der Waals surface area contributed by atoms with Gasteiger partial charge in [-0.15, -0.1) is 0 Å². The summed E-state index contributed by atoms with van der Waals surface area (Å²) in [5.41, 5.74) is 0.178. The van der Waals surface area contributed by atoms with E-state index in [9.17, 15) is 14.4 Å². The van der Waals surface area contributed by atoms with Crippen molar-refractivity contribution in [2.24, 2.45) is 0 Å². The molecule has 7 heteroatoms. The van der Waals surface area contributed by atoms with E-state index in [-0.39, 0.29) is 18.4 Å². The maximum absolute atomic E-state index is 12.9. The normalized spacial score (nSPS) is 18.0. The Kier molecular flexibility index (Phi) is 5.37. The van der Waals surface area contributed by atoms with E-state index in [4.69, 9.17) is 4.74 Å². The van der Waals surface area contributed by atoms with Crippen LogP contribution in [0.25, 0.3) is 10.8 Å². The Labute approximate surface area is 176 Å². The fourth-order valence-corrected chi connectivity index (χ4v) is 4.43. The zero-order valence-electron chi connectivity index (χ0n) is 17.4. The number of urea groups is 1. The zero-order valence-corrected chi connectivity index (χ0v) is 17.4. The van der Waals surface area contributed by atoms with Crippen LogP contribution in [-0.2, 0) is 16.1 Å². The first-order chi connectivity index (χ1) is 14.4. The SMILES string of the molecule is COc1ccc2cc(CN(C)C(=O)CN3C(=O)NC4(CCCCC4)C3=O)ccc2c1. The minimum Gasteiger partial charge on any atom is -0.497 e. The van der Waals surface area contributed by atoms with Crippen molar-refractivity contribution in [1.82, 2.24) is 15.1 Å². The topological polar surface area (TPSA) is 79.0 Å². The van der Waals surface area contributed by atoms with Gasteiger partial charge in [0.15, 0.2) is 0 Å². The number of carbonyl (C=O) groups excluding carboxylic acids is 3. The van der Waals surface area contributed by atoms with Crippen molar-refractivity contribution >= 4 is 28.6 Å². The van der Waals surface area contributed by atoms with E-state index in [2.05, 4.69) is 5.32 Å². The molecule has 4 amide bonds. The lowest BCUT2D eigenvalue weighted by molar-refractivity contribution is -0.139. The number of amides is 4. The number of hydrogen-bond acceptors (Lipinski definition) is 4. The molecule has 1 aliphatic carbocycles. The molecular formula is C23H27N3O4.